The van der Waals surface area contributed by atoms with E-state index in [-0.39, 0.29) is 24.9 Å². The van der Waals surface area contributed by atoms with Gasteiger partial charge in [-0.3, -0.25) is 20.4 Å². The number of halogens is 2. The van der Waals surface area contributed by atoms with Gasteiger partial charge in [-0.25, -0.2) is 0 Å². The zero-order valence-electron chi connectivity index (χ0n) is 17.3. The van der Waals surface area contributed by atoms with Crippen molar-refractivity contribution in [1.82, 2.24) is 10.9 Å². The molecule has 0 bridgehead atoms. The zero-order valence-corrected chi connectivity index (χ0v) is 18.8. The van der Waals surface area contributed by atoms with Crippen molar-refractivity contribution in [1.29, 1.82) is 0 Å². The normalized spacial score (nSPS) is 10.6. The Morgan fingerprint density at radius 1 is 0.967 bits per heavy atom. The smallest absolute Gasteiger partial charge is 0.276 e. The van der Waals surface area contributed by atoms with E-state index >= 15 is 0 Å². The van der Waals surface area contributed by atoms with Crippen molar-refractivity contribution >= 4 is 35.0 Å². The summed E-state index contributed by atoms with van der Waals surface area (Å²) in [6.07, 6.45) is 0.639. The van der Waals surface area contributed by atoms with E-state index in [1.807, 2.05) is 25.1 Å². The van der Waals surface area contributed by atoms with Crippen LogP contribution in [0.2, 0.25) is 10.0 Å². The van der Waals surface area contributed by atoms with Gasteiger partial charge in [0, 0.05) is 11.4 Å². The second-order valence-electron chi connectivity index (χ2n) is 7.11. The maximum atomic E-state index is 12.0. The van der Waals surface area contributed by atoms with Crippen LogP contribution in [0.4, 0.5) is 0 Å². The van der Waals surface area contributed by atoms with Crippen molar-refractivity contribution in [3.63, 3.8) is 0 Å². The fourth-order valence-electron chi connectivity index (χ4n) is 2.63. The molecule has 0 heterocycles. The lowest BCUT2D eigenvalue weighted by Gasteiger charge is -2.15. The van der Waals surface area contributed by atoms with Crippen molar-refractivity contribution in [2.24, 2.45) is 0 Å². The third kappa shape index (κ3) is 7.76. The van der Waals surface area contributed by atoms with Crippen LogP contribution in [0.15, 0.2) is 36.4 Å². The molecule has 2 amide bonds. The summed E-state index contributed by atoms with van der Waals surface area (Å²) in [6.45, 7) is 6.19. The zero-order chi connectivity index (χ0) is 22.1. The molecular formula is C22H26Cl2N2O4. The predicted molar refractivity (Wildman–Crippen MR) is 118 cm³/mol. The molecule has 0 aliphatic rings. The minimum Gasteiger partial charge on any atom is -0.492 e. The van der Waals surface area contributed by atoms with Crippen LogP contribution in [0.5, 0.6) is 11.5 Å². The van der Waals surface area contributed by atoms with E-state index in [0.717, 1.165) is 11.1 Å². The Labute approximate surface area is 186 Å². The number of aryl methyl sites for hydroxylation is 1. The summed E-state index contributed by atoms with van der Waals surface area (Å²) in [5, 5.41) is 0.933. The monoisotopic (exact) mass is 452 g/mol. The topological polar surface area (TPSA) is 76.7 Å². The molecule has 0 unspecified atom stereocenters. The Kier molecular flexibility index (Phi) is 9.27. The first-order valence-electron chi connectivity index (χ1n) is 9.65. The van der Waals surface area contributed by atoms with Crippen LogP contribution in [-0.2, 0) is 9.59 Å². The number of nitrogens with one attached hydrogen (secondary N) is 2. The van der Waals surface area contributed by atoms with Gasteiger partial charge in [-0.2, -0.15) is 0 Å². The van der Waals surface area contributed by atoms with E-state index in [4.69, 9.17) is 32.7 Å². The first kappa shape index (κ1) is 23.8. The molecule has 0 aromatic heterocycles. The summed E-state index contributed by atoms with van der Waals surface area (Å²) in [7, 11) is 0. The molecule has 0 atom stereocenters. The lowest BCUT2D eigenvalue weighted by Crippen LogP contribution is -2.43. The third-order valence-corrected chi connectivity index (χ3v) is 4.72. The highest BCUT2D eigenvalue weighted by Crippen LogP contribution is 2.28. The average Bonchev–Trinajstić information content (AvgIpc) is 2.69. The molecule has 2 N–H and O–H groups in total. The molecule has 0 saturated carbocycles. The molecule has 6 nitrogen and oxygen atoms in total. The number of hydrogen-bond acceptors (Lipinski definition) is 4. The molecule has 0 fully saturated rings. The first-order chi connectivity index (χ1) is 14.3. The third-order valence-electron chi connectivity index (χ3n) is 4.19. The number of hydrazine groups is 1. The highest BCUT2D eigenvalue weighted by atomic mass is 35.5. The van der Waals surface area contributed by atoms with E-state index in [1.165, 1.54) is 0 Å². The molecule has 2 rings (SSSR count). The molecule has 0 spiro atoms. The van der Waals surface area contributed by atoms with Crippen LogP contribution < -0.4 is 20.3 Å². The second-order valence-corrected chi connectivity index (χ2v) is 7.95. The van der Waals surface area contributed by atoms with E-state index in [1.54, 1.807) is 18.2 Å². The summed E-state index contributed by atoms with van der Waals surface area (Å²) >= 11 is 11.8. The molecule has 0 aliphatic heterocycles. The molecule has 162 valence electrons. The molecule has 0 radical (unpaired) electrons. The molecule has 8 heteroatoms. The summed E-state index contributed by atoms with van der Waals surface area (Å²) in [5.74, 6) is 0.679. The Hall–Kier alpha value is -2.44. The predicted octanol–water partition coefficient (Wildman–Crippen LogP) is 4.81. The van der Waals surface area contributed by atoms with Crippen molar-refractivity contribution in [2.45, 2.75) is 39.5 Å². The number of carbonyl (C=O) groups excluding carboxylic acids is 2. The van der Waals surface area contributed by atoms with Gasteiger partial charge in [0.15, 0.2) is 6.61 Å². The van der Waals surface area contributed by atoms with Gasteiger partial charge < -0.3 is 9.47 Å². The number of carbonyl (C=O) groups is 2. The Bertz CT molecular complexity index is 887. The Morgan fingerprint density at radius 2 is 1.70 bits per heavy atom. The fourth-order valence-corrected chi connectivity index (χ4v) is 3.10. The van der Waals surface area contributed by atoms with E-state index in [9.17, 15) is 9.59 Å². The van der Waals surface area contributed by atoms with Crippen molar-refractivity contribution in [2.75, 3.05) is 13.2 Å². The summed E-state index contributed by atoms with van der Waals surface area (Å²) < 4.78 is 11.2. The minimum absolute atomic E-state index is 0.182. The molecule has 0 aliphatic carbocycles. The van der Waals surface area contributed by atoms with Crippen LogP contribution in [0.25, 0.3) is 0 Å². The minimum atomic E-state index is -0.441. The van der Waals surface area contributed by atoms with E-state index in [2.05, 4.69) is 24.7 Å². The van der Waals surface area contributed by atoms with Crippen LogP contribution in [0, 0.1) is 6.92 Å². The van der Waals surface area contributed by atoms with Gasteiger partial charge in [0.25, 0.3) is 5.91 Å². The van der Waals surface area contributed by atoms with Crippen molar-refractivity contribution in [3.05, 3.63) is 57.6 Å². The van der Waals surface area contributed by atoms with Gasteiger partial charge in [-0.05, 0) is 54.7 Å². The highest BCUT2D eigenvalue weighted by Gasteiger charge is 2.11. The average molecular weight is 453 g/mol. The molecule has 30 heavy (non-hydrogen) atoms. The quantitative estimate of drug-likeness (QED) is 0.422. The number of ether oxygens (including phenoxy) is 2. The molecule has 2 aromatic carbocycles. The van der Waals surface area contributed by atoms with Gasteiger partial charge in [-0.15, -0.1) is 0 Å². The summed E-state index contributed by atoms with van der Waals surface area (Å²) in [5.41, 5.74) is 6.79. The maximum absolute atomic E-state index is 12.0. The lowest BCUT2D eigenvalue weighted by molar-refractivity contribution is -0.130. The second kappa shape index (κ2) is 11.7. The summed E-state index contributed by atoms with van der Waals surface area (Å²) in [4.78, 5) is 23.8. The standard InChI is InChI=1S/C22H26Cl2N2O4/c1-14(2)17-8-6-15(3)11-20(17)30-13-22(28)26-25-21(27)5-4-10-29-19-9-7-16(23)12-18(19)24/h6-9,11-12,14H,4-5,10,13H2,1-3H3,(H,25,27)(H,26,28). The SMILES string of the molecule is Cc1ccc(C(C)C)c(OCC(=O)NNC(=O)CCCOc2ccc(Cl)cc2Cl)c1. The van der Waals surface area contributed by atoms with Gasteiger partial charge in [0.1, 0.15) is 11.5 Å². The lowest BCUT2D eigenvalue weighted by atomic mass is 10.0. The maximum Gasteiger partial charge on any atom is 0.276 e. The Balaban J connectivity index is 1.67. The molecular weight excluding hydrogens is 427 g/mol. The van der Waals surface area contributed by atoms with Gasteiger partial charge in [0.05, 0.1) is 11.6 Å². The van der Waals surface area contributed by atoms with Crippen LogP contribution in [-0.4, -0.2) is 25.0 Å². The number of amides is 2. The summed E-state index contributed by atoms with van der Waals surface area (Å²) in [6, 6.07) is 10.8. The Morgan fingerprint density at radius 3 is 2.40 bits per heavy atom. The largest absolute Gasteiger partial charge is 0.492 e. The number of rotatable bonds is 9. The fraction of sp³-hybridized carbons (Fsp3) is 0.364. The van der Waals surface area contributed by atoms with E-state index in [0.29, 0.717) is 34.6 Å². The number of benzene rings is 2. The highest BCUT2D eigenvalue weighted by molar-refractivity contribution is 6.35. The van der Waals surface area contributed by atoms with Crippen LogP contribution in [0.3, 0.4) is 0 Å². The van der Waals surface area contributed by atoms with Crippen molar-refractivity contribution < 1.29 is 19.1 Å². The molecule has 0 saturated heterocycles. The molecule has 2 aromatic rings. The van der Waals surface area contributed by atoms with Crippen LogP contribution in [0.1, 0.15) is 43.7 Å². The van der Waals surface area contributed by atoms with Gasteiger partial charge in [-0.1, -0.05) is 49.2 Å². The van der Waals surface area contributed by atoms with Gasteiger partial charge >= 0.3 is 0 Å². The van der Waals surface area contributed by atoms with Crippen molar-refractivity contribution in [3.8, 4) is 11.5 Å². The first-order valence-corrected chi connectivity index (χ1v) is 10.4. The number of hydrogen-bond donors (Lipinski definition) is 2. The van der Waals surface area contributed by atoms with Crippen LogP contribution >= 0.6 is 23.2 Å². The van der Waals surface area contributed by atoms with E-state index < -0.39 is 5.91 Å². The van der Waals surface area contributed by atoms with Gasteiger partial charge in [0.2, 0.25) is 5.91 Å².